The van der Waals surface area contributed by atoms with E-state index in [0.717, 1.165) is 23.2 Å². The van der Waals surface area contributed by atoms with Gasteiger partial charge in [-0.3, -0.25) is 4.79 Å². The Bertz CT molecular complexity index is 804. The summed E-state index contributed by atoms with van der Waals surface area (Å²) < 4.78 is 11.3. The lowest BCUT2D eigenvalue weighted by Crippen LogP contribution is -2.57. The fourth-order valence-electron chi connectivity index (χ4n) is 2.72. The number of likely N-dealkylation sites (tertiary alicyclic amines) is 1. The van der Waals surface area contributed by atoms with E-state index in [1.807, 2.05) is 63.2 Å². The Labute approximate surface area is 153 Å². The molecule has 1 aliphatic heterocycles. The van der Waals surface area contributed by atoms with Crippen molar-refractivity contribution in [2.45, 2.75) is 32.5 Å². The predicted molar refractivity (Wildman–Crippen MR) is 99.5 cm³/mol. The first-order valence-electron chi connectivity index (χ1n) is 8.64. The molecule has 0 unspecified atom stereocenters. The van der Waals surface area contributed by atoms with Crippen molar-refractivity contribution >= 4 is 12.4 Å². The van der Waals surface area contributed by atoms with Gasteiger partial charge in [-0.15, -0.1) is 0 Å². The number of carbonyl (C=O) groups is 2. The Morgan fingerprint density at radius 1 is 1.08 bits per heavy atom. The lowest BCUT2D eigenvalue weighted by atomic mass is 10.0. The number of hydrogen-bond donors (Lipinski definition) is 0. The Balaban J connectivity index is 1.60. The molecule has 5 heteroatoms. The summed E-state index contributed by atoms with van der Waals surface area (Å²) in [6, 6.07) is 15.2. The number of carbonyl (C=O) groups excluding carboxylic acids is 2. The third-order valence-electron chi connectivity index (χ3n) is 3.99. The van der Waals surface area contributed by atoms with Crippen LogP contribution in [0.3, 0.4) is 0 Å². The summed E-state index contributed by atoms with van der Waals surface area (Å²) in [6.07, 6.45) is 0.486. The van der Waals surface area contributed by atoms with Crippen LogP contribution in [0.15, 0.2) is 48.5 Å². The van der Waals surface area contributed by atoms with E-state index in [1.54, 1.807) is 11.0 Å². The second-order valence-electron chi connectivity index (χ2n) is 7.40. The van der Waals surface area contributed by atoms with Crippen LogP contribution in [-0.2, 0) is 4.74 Å². The zero-order valence-electron chi connectivity index (χ0n) is 15.3. The first kappa shape index (κ1) is 18.0. The van der Waals surface area contributed by atoms with Gasteiger partial charge in [-0.25, -0.2) is 4.79 Å². The zero-order valence-corrected chi connectivity index (χ0v) is 15.3. The van der Waals surface area contributed by atoms with Crippen molar-refractivity contribution in [3.05, 3.63) is 54.1 Å². The Kier molecular flexibility index (Phi) is 4.98. The van der Waals surface area contributed by atoms with E-state index in [0.29, 0.717) is 18.7 Å². The second kappa shape index (κ2) is 7.20. The van der Waals surface area contributed by atoms with Gasteiger partial charge in [-0.2, -0.15) is 0 Å². The Hall–Kier alpha value is -2.82. The van der Waals surface area contributed by atoms with Gasteiger partial charge in [0.1, 0.15) is 23.7 Å². The van der Waals surface area contributed by atoms with Gasteiger partial charge in [0.15, 0.2) is 0 Å². The fraction of sp³-hybridized carbons (Fsp3) is 0.333. The molecule has 26 heavy (non-hydrogen) atoms. The zero-order chi connectivity index (χ0) is 18.7. The Morgan fingerprint density at radius 3 is 2.38 bits per heavy atom. The first-order valence-corrected chi connectivity index (χ1v) is 8.64. The minimum Gasteiger partial charge on any atom is -0.487 e. The molecule has 0 spiro atoms. The van der Waals surface area contributed by atoms with Crippen LogP contribution in [0.1, 0.15) is 31.1 Å². The molecule has 0 atom stereocenters. The molecule has 0 aliphatic carbocycles. The molecule has 0 aromatic heterocycles. The molecular formula is C21H23NO4. The number of rotatable bonds is 4. The molecule has 2 aromatic rings. The van der Waals surface area contributed by atoms with Crippen LogP contribution in [-0.4, -0.2) is 42.1 Å². The van der Waals surface area contributed by atoms with Crippen molar-refractivity contribution in [1.29, 1.82) is 0 Å². The largest absolute Gasteiger partial charge is 0.487 e. The number of aldehydes is 1. The molecule has 2 aromatic carbocycles. The van der Waals surface area contributed by atoms with Crippen LogP contribution in [0.25, 0.3) is 11.1 Å². The van der Waals surface area contributed by atoms with E-state index in [2.05, 4.69) is 0 Å². The van der Waals surface area contributed by atoms with Crippen LogP contribution in [0.4, 0.5) is 4.79 Å². The molecule has 1 amide bonds. The van der Waals surface area contributed by atoms with Crippen LogP contribution in [0.2, 0.25) is 0 Å². The molecule has 136 valence electrons. The molecule has 3 rings (SSSR count). The molecule has 0 saturated carbocycles. The molecule has 0 N–H and O–H groups in total. The number of ether oxygens (including phenoxy) is 2. The Morgan fingerprint density at radius 2 is 1.73 bits per heavy atom. The molecule has 1 heterocycles. The van der Waals surface area contributed by atoms with Crippen molar-refractivity contribution in [2.75, 3.05) is 13.1 Å². The standard InChI is InChI=1S/C21H23NO4/c1-21(2,3)26-20(24)22-12-19(13-22)25-18-9-5-8-17(11-18)16-7-4-6-15(10-16)14-23/h4-11,14,19H,12-13H2,1-3H3. The summed E-state index contributed by atoms with van der Waals surface area (Å²) in [7, 11) is 0. The fourth-order valence-corrected chi connectivity index (χ4v) is 2.72. The molecule has 1 aliphatic rings. The second-order valence-corrected chi connectivity index (χ2v) is 7.40. The van der Waals surface area contributed by atoms with Gasteiger partial charge in [0.25, 0.3) is 0 Å². The number of hydrogen-bond acceptors (Lipinski definition) is 4. The normalized spacial score (nSPS) is 14.5. The van der Waals surface area contributed by atoms with Gasteiger partial charge in [-0.05, 0) is 50.1 Å². The van der Waals surface area contributed by atoms with Gasteiger partial charge in [0.2, 0.25) is 0 Å². The third-order valence-corrected chi connectivity index (χ3v) is 3.99. The molecule has 5 nitrogen and oxygen atoms in total. The number of amides is 1. The summed E-state index contributed by atoms with van der Waals surface area (Å²) in [5, 5.41) is 0. The summed E-state index contributed by atoms with van der Waals surface area (Å²) in [5.74, 6) is 0.743. The smallest absolute Gasteiger partial charge is 0.410 e. The highest BCUT2D eigenvalue weighted by Crippen LogP contribution is 2.26. The number of benzene rings is 2. The molecule has 0 radical (unpaired) electrons. The highest BCUT2D eigenvalue weighted by atomic mass is 16.6. The summed E-state index contributed by atoms with van der Waals surface area (Å²) in [6.45, 7) is 6.58. The van der Waals surface area contributed by atoms with Crippen LogP contribution in [0, 0.1) is 0 Å². The quantitative estimate of drug-likeness (QED) is 0.774. The third kappa shape index (κ3) is 4.42. The van der Waals surface area contributed by atoms with Crippen molar-refractivity contribution in [3.8, 4) is 16.9 Å². The van der Waals surface area contributed by atoms with Gasteiger partial charge in [0, 0.05) is 5.56 Å². The average Bonchev–Trinajstić information content (AvgIpc) is 2.56. The van der Waals surface area contributed by atoms with E-state index >= 15 is 0 Å². The topological polar surface area (TPSA) is 55.8 Å². The minimum absolute atomic E-state index is 0.0425. The van der Waals surface area contributed by atoms with Crippen molar-refractivity contribution in [1.82, 2.24) is 4.90 Å². The van der Waals surface area contributed by atoms with Crippen LogP contribution >= 0.6 is 0 Å². The summed E-state index contributed by atoms with van der Waals surface area (Å²) >= 11 is 0. The maximum absolute atomic E-state index is 12.0. The molecular weight excluding hydrogens is 330 g/mol. The van der Waals surface area contributed by atoms with Crippen molar-refractivity contribution in [3.63, 3.8) is 0 Å². The summed E-state index contributed by atoms with van der Waals surface area (Å²) in [4.78, 5) is 24.5. The van der Waals surface area contributed by atoms with Crippen LogP contribution < -0.4 is 4.74 Å². The average molecular weight is 353 g/mol. The summed E-state index contributed by atoms with van der Waals surface area (Å²) in [5.41, 5.74) is 2.09. The highest BCUT2D eigenvalue weighted by Gasteiger charge is 2.35. The SMILES string of the molecule is CC(C)(C)OC(=O)N1CC(Oc2cccc(-c3cccc(C=O)c3)c2)C1. The lowest BCUT2D eigenvalue weighted by Gasteiger charge is -2.39. The highest BCUT2D eigenvalue weighted by molar-refractivity contribution is 5.79. The van der Waals surface area contributed by atoms with E-state index in [1.165, 1.54) is 0 Å². The first-order chi connectivity index (χ1) is 12.3. The maximum Gasteiger partial charge on any atom is 0.410 e. The lowest BCUT2D eigenvalue weighted by molar-refractivity contribution is -0.0221. The van der Waals surface area contributed by atoms with Gasteiger partial charge in [0.05, 0.1) is 13.1 Å². The van der Waals surface area contributed by atoms with Gasteiger partial charge >= 0.3 is 6.09 Å². The molecule has 1 saturated heterocycles. The number of nitrogens with zero attached hydrogens (tertiary/aromatic N) is 1. The van der Waals surface area contributed by atoms with E-state index in [9.17, 15) is 9.59 Å². The predicted octanol–water partition coefficient (Wildman–Crippen LogP) is 4.16. The van der Waals surface area contributed by atoms with Crippen molar-refractivity contribution < 1.29 is 19.1 Å². The monoisotopic (exact) mass is 353 g/mol. The van der Waals surface area contributed by atoms with Gasteiger partial charge < -0.3 is 14.4 Å². The molecule has 1 fully saturated rings. The minimum atomic E-state index is -0.493. The van der Waals surface area contributed by atoms with E-state index < -0.39 is 5.60 Å². The van der Waals surface area contributed by atoms with Gasteiger partial charge in [-0.1, -0.05) is 30.3 Å². The van der Waals surface area contributed by atoms with Crippen LogP contribution in [0.5, 0.6) is 5.75 Å². The van der Waals surface area contributed by atoms with E-state index in [-0.39, 0.29) is 12.2 Å². The molecule has 0 bridgehead atoms. The van der Waals surface area contributed by atoms with Crippen molar-refractivity contribution in [2.24, 2.45) is 0 Å². The van der Waals surface area contributed by atoms with E-state index in [4.69, 9.17) is 9.47 Å². The maximum atomic E-state index is 12.0.